The summed E-state index contributed by atoms with van der Waals surface area (Å²) < 4.78 is 20.2. The van der Waals surface area contributed by atoms with Crippen molar-refractivity contribution in [1.82, 2.24) is 10.2 Å². The van der Waals surface area contributed by atoms with Crippen LogP contribution in [0.15, 0.2) is 48.5 Å². The zero-order valence-corrected chi connectivity index (χ0v) is 25.3. The van der Waals surface area contributed by atoms with E-state index in [2.05, 4.69) is 10.6 Å². The smallest absolute Gasteiger partial charge is 0.407 e. The Hall–Kier alpha value is -3.95. The summed E-state index contributed by atoms with van der Waals surface area (Å²) in [7, 11) is 0. The number of halogens is 1. The van der Waals surface area contributed by atoms with Gasteiger partial charge in [-0.3, -0.25) is 9.59 Å². The molecule has 2 fully saturated rings. The molecule has 0 aromatic heterocycles. The molecule has 3 atom stereocenters. The number of aromatic carboxylic acids is 1. The van der Waals surface area contributed by atoms with E-state index in [0.717, 1.165) is 30.9 Å². The van der Waals surface area contributed by atoms with Gasteiger partial charge in [-0.1, -0.05) is 37.3 Å². The third-order valence-electron chi connectivity index (χ3n) is 8.48. The molecule has 1 aliphatic carbocycles. The summed E-state index contributed by atoms with van der Waals surface area (Å²) in [6, 6.07) is 11.9. The number of benzene rings is 2. The number of alkyl carbamates (subject to hydrolysis) is 1. The first-order chi connectivity index (χ1) is 20.4. The summed E-state index contributed by atoms with van der Waals surface area (Å²) in [6.45, 7) is 7.89. The van der Waals surface area contributed by atoms with Gasteiger partial charge in [0, 0.05) is 24.4 Å². The molecule has 1 unspecified atom stereocenters. The topological polar surface area (TPSA) is 125 Å². The minimum atomic E-state index is -1.27. The van der Waals surface area contributed by atoms with E-state index in [-0.39, 0.29) is 41.0 Å². The number of nitrogens with one attached hydrogen (secondary N) is 2. The maximum Gasteiger partial charge on any atom is 0.407 e. The number of carbonyl (C=O) groups excluding carboxylic acids is 3. The Morgan fingerprint density at radius 1 is 1.02 bits per heavy atom. The summed E-state index contributed by atoms with van der Waals surface area (Å²) in [5, 5.41) is 14.8. The number of amides is 3. The normalized spacial score (nSPS) is 22.9. The Morgan fingerprint density at radius 3 is 2.28 bits per heavy atom. The average Bonchev–Trinajstić information content (AvgIpc) is 3.41. The fraction of sp³-hybridized carbons (Fsp3) is 0.515. The quantitative estimate of drug-likeness (QED) is 0.346. The maximum atomic E-state index is 14.7. The van der Waals surface area contributed by atoms with Gasteiger partial charge in [0.25, 0.3) is 0 Å². The van der Waals surface area contributed by atoms with Crippen molar-refractivity contribution in [2.45, 2.75) is 89.8 Å². The van der Waals surface area contributed by atoms with E-state index in [1.807, 2.05) is 58.0 Å². The van der Waals surface area contributed by atoms with Crippen molar-refractivity contribution in [2.24, 2.45) is 11.8 Å². The van der Waals surface area contributed by atoms with Gasteiger partial charge in [-0.05, 0) is 89.0 Å². The molecular formula is C33H42FN3O6. The molecule has 9 nitrogen and oxygen atoms in total. The number of hydrogen-bond acceptors (Lipinski definition) is 5. The highest BCUT2D eigenvalue weighted by atomic mass is 19.1. The summed E-state index contributed by atoms with van der Waals surface area (Å²) in [4.78, 5) is 52.9. The number of carboxylic acid groups (broad SMARTS) is 1. The SMILES string of the molecule is CCC(NC(=O)OC(C)(C)C)C1CCC(C(=O)N2CC[C@H](c3ccccc3)[C@H]2C(=O)Nc2ccc(C(=O)O)cc2F)CC1. The van der Waals surface area contributed by atoms with Crippen molar-refractivity contribution in [2.75, 3.05) is 11.9 Å². The first-order valence-corrected chi connectivity index (χ1v) is 15.1. The van der Waals surface area contributed by atoms with Gasteiger partial charge in [-0.2, -0.15) is 0 Å². The number of carboxylic acids is 1. The molecule has 0 radical (unpaired) electrons. The zero-order valence-electron chi connectivity index (χ0n) is 25.3. The molecule has 0 bridgehead atoms. The number of likely N-dealkylation sites (tertiary alicyclic amines) is 1. The van der Waals surface area contributed by atoms with Crippen molar-refractivity contribution in [1.29, 1.82) is 0 Å². The van der Waals surface area contributed by atoms with Crippen molar-refractivity contribution in [3.63, 3.8) is 0 Å². The van der Waals surface area contributed by atoms with Crippen LogP contribution < -0.4 is 10.6 Å². The minimum Gasteiger partial charge on any atom is -0.478 e. The van der Waals surface area contributed by atoms with Crippen molar-refractivity contribution >= 4 is 29.6 Å². The van der Waals surface area contributed by atoms with E-state index in [4.69, 9.17) is 9.84 Å². The van der Waals surface area contributed by atoms with E-state index in [0.29, 0.717) is 25.8 Å². The van der Waals surface area contributed by atoms with Crippen LogP contribution in [0.2, 0.25) is 0 Å². The van der Waals surface area contributed by atoms with Crippen LogP contribution in [0, 0.1) is 17.7 Å². The van der Waals surface area contributed by atoms with Crippen molar-refractivity contribution in [3.8, 4) is 0 Å². The molecule has 2 aromatic rings. The van der Waals surface area contributed by atoms with Gasteiger partial charge in [0.1, 0.15) is 17.5 Å². The lowest BCUT2D eigenvalue weighted by Crippen LogP contribution is -2.49. The van der Waals surface area contributed by atoms with Crippen LogP contribution in [0.4, 0.5) is 14.9 Å². The number of nitrogens with zero attached hydrogens (tertiary/aromatic N) is 1. The maximum absolute atomic E-state index is 14.7. The summed E-state index contributed by atoms with van der Waals surface area (Å²) in [6.07, 6.45) is 3.70. The molecule has 3 amide bonds. The van der Waals surface area contributed by atoms with Crippen molar-refractivity contribution in [3.05, 3.63) is 65.5 Å². The Morgan fingerprint density at radius 2 is 1.70 bits per heavy atom. The molecule has 2 aliphatic rings. The Bertz CT molecular complexity index is 1320. The third kappa shape index (κ3) is 7.91. The standard InChI is InChI=1S/C33H42FN3O6/c1-5-26(36-32(42)43-33(2,3)4)21-11-13-22(14-12-21)30(39)37-18-17-24(20-9-7-6-8-10-20)28(37)29(38)35-27-16-15-23(31(40)41)19-25(27)34/h6-10,15-16,19,21-22,24,26,28H,5,11-14,17-18H2,1-4H3,(H,35,38)(H,36,42)(H,40,41)/t21?,22?,24-,26?,28+/m1/s1. The van der Waals surface area contributed by atoms with Gasteiger partial charge >= 0.3 is 12.1 Å². The molecule has 2 aromatic carbocycles. The predicted molar refractivity (Wildman–Crippen MR) is 160 cm³/mol. The monoisotopic (exact) mass is 595 g/mol. The Balaban J connectivity index is 1.47. The van der Waals surface area contributed by atoms with Crippen molar-refractivity contribution < 1.29 is 33.4 Å². The lowest BCUT2D eigenvalue weighted by molar-refractivity contribution is -0.141. The molecule has 1 aliphatic heterocycles. The second-order valence-corrected chi connectivity index (χ2v) is 12.5. The van der Waals surface area contributed by atoms with Gasteiger partial charge in [-0.25, -0.2) is 14.0 Å². The third-order valence-corrected chi connectivity index (χ3v) is 8.48. The fourth-order valence-corrected chi connectivity index (χ4v) is 6.38. The van der Waals surface area contributed by atoms with Crippen LogP contribution in [0.3, 0.4) is 0 Å². The van der Waals surface area contributed by atoms with Gasteiger partial charge < -0.3 is 25.4 Å². The fourth-order valence-electron chi connectivity index (χ4n) is 6.38. The van der Waals surface area contributed by atoms with Gasteiger partial charge in [0.05, 0.1) is 11.3 Å². The van der Waals surface area contributed by atoms with E-state index >= 15 is 0 Å². The van der Waals surface area contributed by atoms with Gasteiger partial charge in [-0.15, -0.1) is 0 Å². The van der Waals surface area contributed by atoms with Crippen LogP contribution in [0.1, 0.15) is 88.1 Å². The average molecular weight is 596 g/mol. The van der Waals surface area contributed by atoms with E-state index in [1.54, 1.807) is 4.90 Å². The number of carbonyl (C=O) groups is 4. The summed E-state index contributed by atoms with van der Waals surface area (Å²) in [5.74, 6) is -3.04. The predicted octanol–water partition coefficient (Wildman–Crippen LogP) is 5.96. The highest BCUT2D eigenvalue weighted by Crippen LogP contribution is 2.39. The van der Waals surface area contributed by atoms with E-state index in [9.17, 15) is 23.6 Å². The number of ether oxygens (including phenoxy) is 1. The van der Waals surface area contributed by atoms with Crippen LogP contribution >= 0.6 is 0 Å². The first kappa shape index (κ1) is 32.0. The number of anilines is 1. The summed E-state index contributed by atoms with van der Waals surface area (Å²) in [5.41, 5.74) is -0.0272. The van der Waals surface area contributed by atoms with Crippen LogP contribution in [0.25, 0.3) is 0 Å². The van der Waals surface area contributed by atoms with E-state index < -0.39 is 35.4 Å². The molecule has 10 heteroatoms. The molecule has 43 heavy (non-hydrogen) atoms. The summed E-state index contributed by atoms with van der Waals surface area (Å²) >= 11 is 0. The lowest BCUT2D eigenvalue weighted by atomic mass is 9.77. The van der Waals surface area contributed by atoms with Crippen LogP contribution in [-0.2, 0) is 14.3 Å². The molecule has 1 heterocycles. The second-order valence-electron chi connectivity index (χ2n) is 12.5. The molecule has 3 N–H and O–H groups in total. The number of rotatable bonds is 8. The number of hydrogen-bond donors (Lipinski definition) is 3. The van der Waals surface area contributed by atoms with Crippen LogP contribution in [-0.4, -0.2) is 58.1 Å². The molecule has 1 saturated heterocycles. The van der Waals surface area contributed by atoms with Gasteiger partial charge in [0.2, 0.25) is 11.8 Å². The highest BCUT2D eigenvalue weighted by molar-refractivity contribution is 5.99. The Labute approximate surface area is 252 Å². The lowest BCUT2D eigenvalue weighted by Gasteiger charge is -2.36. The largest absolute Gasteiger partial charge is 0.478 e. The molecule has 232 valence electrons. The van der Waals surface area contributed by atoms with Gasteiger partial charge in [0.15, 0.2) is 0 Å². The molecular weight excluding hydrogens is 553 g/mol. The van der Waals surface area contributed by atoms with E-state index in [1.165, 1.54) is 12.1 Å². The zero-order chi connectivity index (χ0) is 31.3. The minimum absolute atomic E-state index is 0.0545. The van der Waals surface area contributed by atoms with Crippen LogP contribution in [0.5, 0.6) is 0 Å². The first-order valence-electron chi connectivity index (χ1n) is 15.1. The molecule has 4 rings (SSSR count). The second kappa shape index (κ2) is 13.6. The Kier molecular flexibility index (Phi) is 10.1. The molecule has 1 saturated carbocycles. The highest BCUT2D eigenvalue weighted by Gasteiger charge is 2.45. The molecule has 0 spiro atoms.